The van der Waals surface area contributed by atoms with Crippen LogP contribution in [0.2, 0.25) is 0 Å². The molecule has 2 N–H and O–H groups in total. The fourth-order valence-corrected chi connectivity index (χ4v) is 4.08. The molecule has 1 fully saturated rings. The van der Waals surface area contributed by atoms with Crippen molar-refractivity contribution in [2.75, 3.05) is 20.2 Å². The van der Waals surface area contributed by atoms with Crippen molar-refractivity contribution in [3.63, 3.8) is 0 Å². The third-order valence-corrected chi connectivity index (χ3v) is 6.02. The number of rotatable bonds is 8. The molecule has 0 saturated carbocycles. The largest absolute Gasteiger partial charge is 0.496 e. The highest BCUT2D eigenvalue weighted by Gasteiger charge is 2.35. The standard InChI is InChI=1S/C25H27FN2O6/c1-3-15(16-4-6-17(7-5-16)25(32)33)12-23(30)28-14-22(29)27-13-19(24(28)31)10-18-11-20(26)8-9-21(18)34-2/h4-9,11,15,19H,3,10,12-14H2,1-2H3,(H,27,29)(H,32,33)/t15-,19+/m0/s1. The molecule has 180 valence electrons. The molecule has 3 amide bonds. The van der Waals surface area contributed by atoms with Gasteiger partial charge in [-0.1, -0.05) is 19.1 Å². The normalized spacial score (nSPS) is 17.0. The SMILES string of the molecule is CC[C@@H](CC(=O)N1CC(=O)NC[C@@H](Cc2cc(F)ccc2OC)C1=O)c1ccc(C(=O)O)cc1. The van der Waals surface area contributed by atoms with E-state index in [0.29, 0.717) is 17.7 Å². The summed E-state index contributed by atoms with van der Waals surface area (Å²) in [5.41, 5.74) is 1.38. The van der Waals surface area contributed by atoms with Gasteiger partial charge in [-0.2, -0.15) is 0 Å². The number of amides is 3. The van der Waals surface area contributed by atoms with E-state index < -0.39 is 35.4 Å². The number of nitrogens with zero attached hydrogens (tertiary/aromatic N) is 1. The van der Waals surface area contributed by atoms with Gasteiger partial charge < -0.3 is 15.2 Å². The first-order valence-electron chi connectivity index (χ1n) is 11.0. The molecule has 0 bridgehead atoms. The topological polar surface area (TPSA) is 113 Å². The molecule has 2 aromatic carbocycles. The maximum Gasteiger partial charge on any atom is 0.335 e. The summed E-state index contributed by atoms with van der Waals surface area (Å²) in [5, 5.41) is 11.7. The average Bonchev–Trinajstić information content (AvgIpc) is 2.96. The summed E-state index contributed by atoms with van der Waals surface area (Å²) in [6.07, 6.45) is 0.659. The Kier molecular flexibility index (Phi) is 7.99. The van der Waals surface area contributed by atoms with Gasteiger partial charge in [-0.15, -0.1) is 0 Å². The number of ether oxygens (including phenoxy) is 1. The number of nitrogens with one attached hydrogen (secondary N) is 1. The number of carbonyl (C=O) groups is 4. The first kappa shape index (κ1) is 24.9. The number of methoxy groups -OCH3 is 1. The van der Waals surface area contributed by atoms with E-state index in [1.807, 2.05) is 6.92 Å². The van der Waals surface area contributed by atoms with Crippen molar-refractivity contribution in [2.24, 2.45) is 5.92 Å². The van der Waals surface area contributed by atoms with Crippen LogP contribution >= 0.6 is 0 Å². The fraction of sp³-hybridized carbons (Fsp3) is 0.360. The molecule has 1 aliphatic rings. The minimum absolute atomic E-state index is 0.0159. The van der Waals surface area contributed by atoms with Crippen LogP contribution in [0.4, 0.5) is 4.39 Å². The minimum atomic E-state index is -1.04. The van der Waals surface area contributed by atoms with E-state index in [2.05, 4.69) is 5.32 Å². The fourth-order valence-electron chi connectivity index (χ4n) is 4.08. The minimum Gasteiger partial charge on any atom is -0.496 e. The summed E-state index contributed by atoms with van der Waals surface area (Å²) in [6.45, 7) is 1.52. The quantitative estimate of drug-likeness (QED) is 0.614. The van der Waals surface area contributed by atoms with Crippen molar-refractivity contribution >= 4 is 23.7 Å². The maximum absolute atomic E-state index is 13.8. The van der Waals surface area contributed by atoms with Gasteiger partial charge in [0.25, 0.3) is 0 Å². The first-order valence-corrected chi connectivity index (χ1v) is 11.0. The van der Waals surface area contributed by atoms with E-state index in [1.54, 1.807) is 12.1 Å². The Morgan fingerprint density at radius 1 is 1.21 bits per heavy atom. The van der Waals surface area contributed by atoms with E-state index >= 15 is 0 Å². The number of hydrogen-bond donors (Lipinski definition) is 2. The van der Waals surface area contributed by atoms with Crippen LogP contribution in [0.15, 0.2) is 42.5 Å². The highest BCUT2D eigenvalue weighted by atomic mass is 19.1. The zero-order chi connectivity index (χ0) is 24.8. The molecule has 2 aromatic rings. The van der Waals surface area contributed by atoms with Crippen LogP contribution in [-0.2, 0) is 20.8 Å². The van der Waals surface area contributed by atoms with Crippen molar-refractivity contribution < 1.29 is 33.4 Å². The van der Waals surface area contributed by atoms with Gasteiger partial charge in [-0.25, -0.2) is 9.18 Å². The molecule has 0 unspecified atom stereocenters. The molecule has 8 nitrogen and oxygen atoms in total. The molecule has 3 rings (SSSR count). The smallest absolute Gasteiger partial charge is 0.335 e. The van der Waals surface area contributed by atoms with Gasteiger partial charge in [-0.05, 0) is 60.2 Å². The number of benzene rings is 2. The number of imide groups is 1. The van der Waals surface area contributed by atoms with Gasteiger partial charge in [0.05, 0.1) is 18.6 Å². The molecule has 1 heterocycles. The van der Waals surface area contributed by atoms with Crippen molar-refractivity contribution in [1.82, 2.24) is 10.2 Å². The van der Waals surface area contributed by atoms with E-state index in [9.17, 15) is 23.6 Å². The summed E-state index contributed by atoms with van der Waals surface area (Å²) in [4.78, 5) is 50.7. The van der Waals surface area contributed by atoms with Gasteiger partial charge >= 0.3 is 5.97 Å². The van der Waals surface area contributed by atoms with Gasteiger partial charge in [0.2, 0.25) is 17.7 Å². The number of carboxylic acids is 1. The Morgan fingerprint density at radius 3 is 2.53 bits per heavy atom. The molecule has 1 saturated heterocycles. The van der Waals surface area contributed by atoms with Crippen LogP contribution in [0.1, 0.15) is 47.2 Å². The Bertz CT molecular complexity index is 1090. The van der Waals surface area contributed by atoms with Crippen molar-refractivity contribution in [3.8, 4) is 5.75 Å². The van der Waals surface area contributed by atoms with Crippen LogP contribution in [0.5, 0.6) is 5.75 Å². The van der Waals surface area contributed by atoms with Gasteiger partial charge in [0, 0.05) is 13.0 Å². The average molecular weight is 470 g/mol. The summed E-state index contributed by atoms with van der Waals surface area (Å²) in [5.74, 6) is -3.57. The lowest BCUT2D eigenvalue weighted by atomic mass is 9.91. The lowest BCUT2D eigenvalue weighted by Crippen LogP contribution is -2.43. The van der Waals surface area contributed by atoms with E-state index in [4.69, 9.17) is 9.84 Å². The monoisotopic (exact) mass is 470 g/mol. The van der Waals surface area contributed by atoms with Crippen LogP contribution in [0.25, 0.3) is 0 Å². The number of carbonyl (C=O) groups excluding carboxylic acids is 3. The van der Waals surface area contributed by atoms with Crippen molar-refractivity contribution in [1.29, 1.82) is 0 Å². The van der Waals surface area contributed by atoms with E-state index in [1.165, 1.54) is 37.4 Å². The van der Waals surface area contributed by atoms with Gasteiger partial charge in [-0.3, -0.25) is 19.3 Å². The van der Waals surface area contributed by atoms with Gasteiger partial charge in [0.1, 0.15) is 18.1 Å². The lowest BCUT2D eigenvalue weighted by Gasteiger charge is -2.24. The van der Waals surface area contributed by atoms with E-state index in [-0.39, 0.29) is 37.4 Å². The third kappa shape index (κ3) is 5.78. The Morgan fingerprint density at radius 2 is 1.91 bits per heavy atom. The lowest BCUT2D eigenvalue weighted by molar-refractivity contribution is -0.148. The second-order valence-corrected chi connectivity index (χ2v) is 8.22. The molecular formula is C25H27FN2O6. The third-order valence-electron chi connectivity index (χ3n) is 6.02. The molecule has 0 aromatic heterocycles. The highest BCUT2D eigenvalue weighted by molar-refractivity contribution is 6.01. The van der Waals surface area contributed by atoms with Crippen LogP contribution < -0.4 is 10.1 Å². The van der Waals surface area contributed by atoms with E-state index in [0.717, 1.165) is 10.5 Å². The molecular weight excluding hydrogens is 443 g/mol. The molecule has 9 heteroatoms. The van der Waals surface area contributed by atoms with Crippen LogP contribution in [0, 0.1) is 11.7 Å². The molecule has 0 aliphatic carbocycles. The zero-order valence-electron chi connectivity index (χ0n) is 19.0. The number of halogens is 1. The summed E-state index contributed by atoms with van der Waals surface area (Å²) >= 11 is 0. The number of carboxylic acid groups (broad SMARTS) is 1. The van der Waals surface area contributed by atoms with Crippen LogP contribution in [-0.4, -0.2) is 53.9 Å². The van der Waals surface area contributed by atoms with Crippen LogP contribution in [0.3, 0.4) is 0 Å². The molecule has 1 aliphatic heterocycles. The zero-order valence-corrected chi connectivity index (χ0v) is 19.0. The van der Waals surface area contributed by atoms with Crippen molar-refractivity contribution in [2.45, 2.75) is 32.1 Å². The second-order valence-electron chi connectivity index (χ2n) is 8.22. The predicted octanol–water partition coefficient (Wildman–Crippen LogP) is 2.76. The first-order chi connectivity index (χ1) is 16.2. The summed E-state index contributed by atoms with van der Waals surface area (Å²) in [6, 6.07) is 10.2. The Labute approximate surface area is 196 Å². The number of aromatic carboxylic acids is 1. The van der Waals surface area contributed by atoms with Gasteiger partial charge in [0.15, 0.2) is 0 Å². The molecule has 0 radical (unpaired) electrons. The summed E-state index contributed by atoms with van der Waals surface area (Å²) in [7, 11) is 1.44. The van der Waals surface area contributed by atoms with Crippen molar-refractivity contribution in [3.05, 3.63) is 65.0 Å². The second kappa shape index (κ2) is 10.9. The predicted molar refractivity (Wildman–Crippen MR) is 121 cm³/mol. The molecule has 2 atom stereocenters. The Hall–Kier alpha value is -3.75. The Balaban J connectivity index is 1.79. The highest BCUT2D eigenvalue weighted by Crippen LogP contribution is 2.27. The number of hydrogen-bond acceptors (Lipinski definition) is 5. The maximum atomic E-state index is 13.8. The summed E-state index contributed by atoms with van der Waals surface area (Å²) < 4.78 is 19.0. The molecule has 34 heavy (non-hydrogen) atoms. The molecule has 0 spiro atoms.